The van der Waals surface area contributed by atoms with E-state index in [1.807, 2.05) is 25.1 Å². The monoisotopic (exact) mass is 317 g/mol. The number of carbonyl (C=O) groups excluding carboxylic acids is 1. The minimum Gasteiger partial charge on any atom is -0.370 e. The molecule has 0 aliphatic carbocycles. The fourth-order valence-corrected chi connectivity index (χ4v) is 2.12. The van der Waals surface area contributed by atoms with Crippen molar-refractivity contribution in [2.45, 2.75) is 6.92 Å². The summed E-state index contributed by atoms with van der Waals surface area (Å²) in [6.45, 7) is 3.50. The Morgan fingerprint density at radius 1 is 1.47 bits per heavy atom. The lowest BCUT2D eigenvalue weighted by Gasteiger charge is -2.28. The average molecular weight is 317 g/mol. The number of ether oxygens (including phenoxy) is 1. The van der Waals surface area contributed by atoms with E-state index in [9.17, 15) is 4.79 Å². The van der Waals surface area contributed by atoms with Gasteiger partial charge in [0, 0.05) is 15.8 Å². The van der Waals surface area contributed by atoms with E-state index in [-0.39, 0.29) is 12.5 Å². The van der Waals surface area contributed by atoms with Gasteiger partial charge in [-0.05, 0) is 47.2 Å². The highest BCUT2D eigenvalue weighted by Gasteiger charge is 2.21. The van der Waals surface area contributed by atoms with Gasteiger partial charge >= 0.3 is 0 Å². The zero-order valence-electron chi connectivity index (χ0n) is 8.50. The van der Waals surface area contributed by atoms with Crippen LogP contribution in [0.1, 0.15) is 5.56 Å². The van der Waals surface area contributed by atoms with Crippen molar-refractivity contribution < 1.29 is 9.53 Å². The molecular weight excluding hydrogens is 305 g/mol. The van der Waals surface area contributed by atoms with Crippen LogP contribution < -0.4 is 4.90 Å². The van der Waals surface area contributed by atoms with Crippen LogP contribution in [0.2, 0.25) is 0 Å². The second kappa shape index (κ2) is 4.49. The molecule has 15 heavy (non-hydrogen) atoms. The lowest BCUT2D eigenvalue weighted by molar-refractivity contribution is -0.125. The van der Waals surface area contributed by atoms with E-state index < -0.39 is 0 Å². The SMILES string of the molecule is Cc1ccc(I)cc1N1CCOCC1=O. The first-order valence-electron chi connectivity index (χ1n) is 4.83. The fraction of sp³-hybridized carbons (Fsp3) is 0.364. The molecule has 1 saturated heterocycles. The van der Waals surface area contributed by atoms with Gasteiger partial charge in [0.15, 0.2) is 0 Å². The number of anilines is 1. The normalized spacial score (nSPS) is 16.9. The van der Waals surface area contributed by atoms with Crippen molar-refractivity contribution in [3.8, 4) is 0 Å². The Balaban J connectivity index is 2.34. The fourth-order valence-electron chi connectivity index (χ4n) is 1.65. The van der Waals surface area contributed by atoms with Crippen molar-refractivity contribution in [3.05, 3.63) is 27.3 Å². The molecule has 1 aromatic rings. The molecule has 1 aromatic carbocycles. The van der Waals surface area contributed by atoms with Crippen molar-refractivity contribution in [2.24, 2.45) is 0 Å². The molecule has 0 bridgehead atoms. The van der Waals surface area contributed by atoms with Gasteiger partial charge < -0.3 is 9.64 Å². The first-order valence-corrected chi connectivity index (χ1v) is 5.90. The number of aryl methyl sites for hydroxylation is 1. The van der Waals surface area contributed by atoms with Crippen molar-refractivity contribution in [1.29, 1.82) is 0 Å². The molecule has 0 saturated carbocycles. The van der Waals surface area contributed by atoms with Crippen molar-refractivity contribution in [3.63, 3.8) is 0 Å². The molecule has 0 unspecified atom stereocenters. The Labute approximate surface area is 103 Å². The van der Waals surface area contributed by atoms with Crippen LogP contribution in [0.15, 0.2) is 18.2 Å². The summed E-state index contributed by atoms with van der Waals surface area (Å²) in [5, 5.41) is 0. The van der Waals surface area contributed by atoms with Gasteiger partial charge in [-0.1, -0.05) is 6.07 Å². The number of amides is 1. The van der Waals surface area contributed by atoms with Crippen LogP contribution >= 0.6 is 22.6 Å². The molecule has 0 aromatic heterocycles. The first kappa shape index (κ1) is 10.9. The van der Waals surface area contributed by atoms with Gasteiger partial charge in [0.2, 0.25) is 0 Å². The van der Waals surface area contributed by atoms with Crippen LogP contribution in [0.4, 0.5) is 5.69 Å². The van der Waals surface area contributed by atoms with Gasteiger partial charge in [-0.25, -0.2) is 0 Å². The van der Waals surface area contributed by atoms with E-state index in [1.54, 1.807) is 4.90 Å². The van der Waals surface area contributed by atoms with Crippen molar-refractivity contribution >= 4 is 34.2 Å². The van der Waals surface area contributed by atoms with E-state index in [0.29, 0.717) is 13.2 Å². The zero-order chi connectivity index (χ0) is 10.8. The zero-order valence-corrected chi connectivity index (χ0v) is 10.7. The van der Waals surface area contributed by atoms with E-state index in [4.69, 9.17) is 4.74 Å². The Bertz CT molecular complexity index is 392. The quantitative estimate of drug-likeness (QED) is 0.741. The third-order valence-electron chi connectivity index (χ3n) is 2.45. The summed E-state index contributed by atoms with van der Waals surface area (Å²) >= 11 is 2.26. The maximum Gasteiger partial charge on any atom is 0.253 e. The largest absolute Gasteiger partial charge is 0.370 e. The second-order valence-corrected chi connectivity index (χ2v) is 4.77. The maximum absolute atomic E-state index is 11.7. The summed E-state index contributed by atoms with van der Waals surface area (Å²) in [5.41, 5.74) is 2.14. The lowest BCUT2D eigenvalue weighted by Crippen LogP contribution is -2.42. The second-order valence-electron chi connectivity index (χ2n) is 3.53. The molecular formula is C11H12INO2. The number of carbonyl (C=O) groups is 1. The predicted octanol–water partition coefficient (Wildman–Crippen LogP) is 1.96. The topological polar surface area (TPSA) is 29.5 Å². The maximum atomic E-state index is 11.7. The average Bonchev–Trinajstić information content (AvgIpc) is 2.23. The Hall–Kier alpha value is -0.620. The summed E-state index contributed by atoms with van der Waals surface area (Å²) in [6, 6.07) is 6.13. The number of morpholine rings is 1. The molecule has 0 atom stereocenters. The van der Waals surface area contributed by atoms with Crippen LogP contribution in [-0.4, -0.2) is 25.7 Å². The number of halogens is 1. The van der Waals surface area contributed by atoms with Crippen LogP contribution in [-0.2, 0) is 9.53 Å². The van der Waals surface area contributed by atoms with Gasteiger partial charge in [-0.2, -0.15) is 0 Å². The molecule has 0 radical (unpaired) electrons. The van der Waals surface area contributed by atoms with E-state index in [0.717, 1.165) is 14.8 Å². The van der Waals surface area contributed by atoms with Gasteiger partial charge in [0.05, 0.1) is 6.61 Å². The molecule has 2 rings (SSSR count). The van der Waals surface area contributed by atoms with Crippen LogP contribution in [0.5, 0.6) is 0 Å². The number of hydrogen-bond donors (Lipinski definition) is 0. The lowest BCUT2D eigenvalue weighted by atomic mass is 10.1. The third-order valence-corrected chi connectivity index (χ3v) is 3.12. The summed E-state index contributed by atoms with van der Waals surface area (Å²) < 4.78 is 6.26. The molecule has 3 nitrogen and oxygen atoms in total. The van der Waals surface area contributed by atoms with E-state index in [1.165, 1.54) is 0 Å². The minimum atomic E-state index is 0.0475. The number of hydrogen-bond acceptors (Lipinski definition) is 2. The first-order chi connectivity index (χ1) is 7.18. The Morgan fingerprint density at radius 3 is 3.00 bits per heavy atom. The van der Waals surface area contributed by atoms with Crippen LogP contribution in [0.3, 0.4) is 0 Å². The predicted molar refractivity (Wildman–Crippen MR) is 67.1 cm³/mol. The number of nitrogens with zero attached hydrogens (tertiary/aromatic N) is 1. The smallest absolute Gasteiger partial charge is 0.253 e. The third kappa shape index (κ3) is 2.31. The minimum absolute atomic E-state index is 0.0475. The summed E-state index contributed by atoms with van der Waals surface area (Å²) in [5.74, 6) is 0.0475. The summed E-state index contributed by atoms with van der Waals surface area (Å²) in [4.78, 5) is 13.5. The Kier molecular flexibility index (Phi) is 3.25. The highest BCUT2D eigenvalue weighted by Crippen LogP contribution is 2.23. The van der Waals surface area contributed by atoms with Crippen molar-refractivity contribution in [2.75, 3.05) is 24.7 Å². The van der Waals surface area contributed by atoms with E-state index >= 15 is 0 Å². The molecule has 1 aliphatic heterocycles. The molecule has 1 amide bonds. The van der Waals surface area contributed by atoms with Crippen LogP contribution in [0.25, 0.3) is 0 Å². The summed E-state index contributed by atoms with van der Waals surface area (Å²) in [7, 11) is 0. The number of benzene rings is 1. The molecule has 1 heterocycles. The summed E-state index contributed by atoms with van der Waals surface area (Å²) in [6.07, 6.45) is 0. The number of rotatable bonds is 1. The molecule has 4 heteroatoms. The standard InChI is InChI=1S/C11H12INO2/c1-8-2-3-9(12)6-10(8)13-4-5-15-7-11(13)14/h2-3,6H,4-5,7H2,1H3. The highest BCUT2D eigenvalue weighted by molar-refractivity contribution is 14.1. The molecule has 1 aliphatic rings. The highest BCUT2D eigenvalue weighted by atomic mass is 127. The van der Waals surface area contributed by atoms with E-state index in [2.05, 4.69) is 22.6 Å². The molecule has 1 fully saturated rings. The van der Waals surface area contributed by atoms with Gasteiger partial charge in [0.1, 0.15) is 6.61 Å². The van der Waals surface area contributed by atoms with Gasteiger partial charge in [-0.15, -0.1) is 0 Å². The van der Waals surface area contributed by atoms with Crippen LogP contribution in [0, 0.1) is 10.5 Å². The Morgan fingerprint density at radius 2 is 2.27 bits per heavy atom. The molecule has 0 N–H and O–H groups in total. The molecule has 80 valence electrons. The molecule has 0 spiro atoms. The van der Waals surface area contributed by atoms with Gasteiger partial charge in [0.25, 0.3) is 5.91 Å². The van der Waals surface area contributed by atoms with Crippen molar-refractivity contribution in [1.82, 2.24) is 0 Å². The van der Waals surface area contributed by atoms with Gasteiger partial charge in [-0.3, -0.25) is 4.79 Å².